The van der Waals surface area contributed by atoms with Crippen molar-refractivity contribution in [3.05, 3.63) is 54.1 Å². The van der Waals surface area contributed by atoms with Gasteiger partial charge in [0, 0.05) is 11.8 Å². The van der Waals surface area contributed by atoms with Gasteiger partial charge in [-0.1, -0.05) is 30.3 Å². The summed E-state index contributed by atoms with van der Waals surface area (Å²) in [5, 5.41) is 8.68. The number of hydrogen-bond donors (Lipinski definition) is 0. The van der Waals surface area contributed by atoms with Gasteiger partial charge in [0.2, 0.25) is 0 Å². The maximum atomic E-state index is 13.7. The average Bonchev–Trinajstić information content (AvgIpc) is 2.31. The van der Waals surface area contributed by atoms with Crippen molar-refractivity contribution in [3.8, 4) is 17.2 Å². The van der Waals surface area contributed by atoms with Crippen LogP contribution >= 0.6 is 0 Å². The Morgan fingerprint density at radius 1 is 1.19 bits per heavy atom. The van der Waals surface area contributed by atoms with Gasteiger partial charge in [-0.2, -0.15) is 5.26 Å². The smallest absolute Gasteiger partial charge is 0.149 e. The van der Waals surface area contributed by atoms with Crippen LogP contribution < -0.4 is 0 Å². The van der Waals surface area contributed by atoms with Crippen LogP contribution in [0.2, 0.25) is 0 Å². The van der Waals surface area contributed by atoms with Gasteiger partial charge in [0.15, 0.2) is 0 Å². The molecule has 0 aliphatic rings. The second-order valence-corrected chi connectivity index (χ2v) is 3.36. The molecule has 0 aliphatic heterocycles. The Bertz CT molecular complexity index is 529. The van der Waals surface area contributed by atoms with E-state index in [0.29, 0.717) is 11.1 Å². The zero-order valence-corrected chi connectivity index (χ0v) is 8.52. The van der Waals surface area contributed by atoms with Crippen LogP contribution in [0.4, 0.5) is 4.39 Å². The van der Waals surface area contributed by atoms with E-state index in [1.807, 2.05) is 36.4 Å². The highest BCUT2D eigenvalue weighted by Crippen LogP contribution is 2.25. The first kappa shape index (κ1) is 10.3. The lowest BCUT2D eigenvalue weighted by Gasteiger charge is -2.07. The molecule has 0 amide bonds. The van der Waals surface area contributed by atoms with Gasteiger partial charge in [0.1, 0.15) is 5.82 Å². The van der Waals surface area contributed by atoms with Crippen molar-refractivity contribution in [3.63, 3.8) is 0 Å². The Morgan fingerprint density at radius 3 is 2.62 bits per heavy atom. The molecule has 0 atom stereocenters. The summed E-state index contributed by atoms with van der Waals surface area (Å²) in [5.41, 5.74) is 1.86. The molecule has 0 aliphatic carbocycles. The largest absolute Gasteiger partial charge is 0.261 e. The second-order valence-electron chi connectivity index (χ2n) is 3.36. The number of aromatic nitrogens is 1. The summed E-state index contributed by atoms with van der Waals surface area (Å²) < 4.78 is 13.7. The lowest BCUT2D eigenvalue weighted by atomic mass is 10.00. The maximum Gasteiger partial charge on any atom is 0.149 e. The monoisotopic (exact) mass is 212 g/mol. The number of nitrogens with zero attached hydrogens (tertiary/aromatic N) is 2. The Hall–Kier alpha value is -2.21. The molecule has 1 aromatic carbocycles. The van der Waals surface area contributed by atoms with Crippen LogP contribution in [0.15, 0.2) is 42.7 Å². The lowest BCUT2D eigenvalue weighted by molar-refractivity contribution is 0.623. The van der Waals surface area contributed by atoms with E-state index in [2.05, 4.69) is 4.98 Å². The van der Waals surface area contributed by atoms with Crippen molar-refractivity contribution in [2.45, 2.75) is 6.42 Å². The molecule has 2 nitrogen and oxygen atoms in total. The Labute approximate surface area is 93.0 Å². The predicted molar refractivity (Wildman–Crippen MR) is 58.9 cm³/mol. The third-order valence-electron chi connectivity index (χ3n) is 2.31. The summed E-state index contributed by atoms with van der Waals surface area (Å²) in [6, 6.07) is 11.2. The lowest BCUT2D eigenvalue weighted by Crippen LogP contribution is -1.94. The van der Waals surface area contributed by atoms with Crippen LogP contribution in [-0.2, 0) is 6.42 Å². The van der Waals surface area contributed by atoms with Crippen molar-refractivity contribution in [1.82, 2.24) is 4.98 Å². The summed E-state index contributed by atoms with van der Waals surface area (Å²) in [4.78, 5) is 3.76. The molecule has 1 heterocycles. The number of hydrogen-bond acceptors (Lipinski definition) is 2. The quantitative estimate of drug-likeness (QED) is 0.767. The van der Waals surface area contributed by atoms with Crippen molar-refractivity contribution < 1.29 is 4.39 Å². The molecule has 0 fully saturated rings. The van der Waals surface area contributed by atoms with Gasteiger partial charge in [-0.25, -0.2) is 4.39 Å². The zero-order chi connectivity index (χ0) is 11.4. The van der Waals surface area contributed by atoms with E-state index >= 15 is 0 Å². The summed E-state index contributed by atoms with van der Waals surface area (Å²) in [5.74, 6) is -0.390. The van der Waals surface area contributed by atoms with Crippen molar-refractivity contribution >= 4 is 0 Å². The highest BCUT2D eigenvalue weighted by molar-refractivity contribution is 5.67. The van der Waals surface area contributed by atoms with Crippen LogP contribution in [0.5, 0.6) is 0 Å². The summed E-state index contributed by atoms with van der Waals surface area (Å²) in [6.45, 7) is 0. The first-order chi connectivity index (χ1) is 7.83. The molecule has 0 bridgehead atoms. The van der Waals surface area contributed by atoms with E-state index < -0.39 is 0 Å². The van der Waals surface area contributed by atoms with Gasteiger partial charge in [-0.15, -0.1) is 0 Å². The second kappa shape index (κ2) is 4.54. The fourth-order valence-electron chi connectivity index (χ4n) is 1.62. The normalized spacial score (nSPS) is 9.75. The minimum absolute atomic E-state index is 0.162. The van der Waals surface area contributed by atoms with Crippen LogP contribution in [0.1, 0.15) is 5.56 Å². The fourth-order valence-corrected chi connectivity index (χ4v) is 1.62. The first-order valence-electron chi connectivity index (χ1n) is 4.87. The summed E-state index contributed by atoms with van der Waals surface area (Å²) >= 11 is 0. The van der Waals surface area contributed by atoms with Crippen LogP contribution in [0.25, 0.3) is 11.1 Å². The maximum absolute atomic E-state index is 13.7. The summed E-state index contributed by atoms with van der Waals surface area (Å²) in [6.07, 6.45) is 2.87. The van der Waals surface area contributed by atoms with E-state index in [1.54, 1.807) is 0 Å². The molecule has 0 saturated carbocycles. The molecule has 2 aromatic rings. The predicted octanol–water partition coefficient (Wildman–Crippen LogP) is 2.95. The molecular formula is C13H9FN2. The molecule has 16 heavy (non-hydrogen) atoms. The highest BCUT2D eigenvalue weighted by atomic mass is 19.1. The van der Waals surface area contributed by atoms with Crippen molar-refractivity contribution in [1.29, 1.82) is 5.26 Å². The number of pyridine rings is 1. The van der Waals surface area contributed by atoms with E-state index in [1.165, 1.54) is 12.4 Å². The van der Waals surface area contributed by atoms with Crippen LogP contribution in [-0.4, -0.2) is 4.98 Å². The molecule has 1 aromatic heterocycles. The minimum Gasteiger partial charge on any atom is -0.261 e. The third kappa shape index (κ3) is 1.91. The summed E-state index contributed by atoms with van der Waals surface area (Å²) in [7, 11) is 0. The molecular weight excluding hydrogens is 203 g/mol. The number of nitriles is 1. The van der Waals surface area contributed by atoms with E-state index in [-0.39, 0.29) is 12.2 Å². The molecule has 0 N–H and O–H groups in total. The Balaban J connectivity index is 2.60. The van der Waals surface area contributed by atoms with Gasteiger partial charge in [0.25, 0.3) is 0 Å². The van der Waals surface area contributed by atoms with Gasteiger partial charge in [0.05, 0.1) is 18.7 Å². The fraction of sp³-hybridized carbons (Fsp3) is 0.0769. The number of rotatable bonds is 2. The third-order valence-corrected chi connectivity index (χ3v) is 2.31. The van der Waals surface area contributed by atoms with Gasteiger partial charge < -0.3 is 0 Å². The highest BCUT2D eigenvalue weighted by Gasteiger charge is 2.10. The molecule has 2 rings (SSSR count). The first-order valence-corrected chi connectivity index (χ1v) is 4.87. The van der Waals surface area contributed by atoms with Gasteiger partial charge >= 0.3 is 0 Å². The Kier molecular flexibility index (Phi) is 2.93. The van der Waals surface area contributed by atoms with Crippen molar-refractivity contribution in [2.75, 3.05) is 0 Å². The molecule has 0 unspecified atom stereocenters. The molecule has 3 heteroatoms. The van der Waals surface area contributed by atoms with Crippen LogP contribution in [0, 0.1) is 17.1 Å². The van der Waals surface area contributed by atoms with Gasteiger partial charge in [-0.05, 0) is 11.1 Å². The van der Waals surface area contributed by atoms with Crippen LogP contribution in [0.3, 0.4) is 0 Å². The SMILES string of the molecule is N#CCc1cncc(F)c1-c1ccccc1. The topological polar surface area (TPSA) is 36.7 Å². The number of halogens is 1. The molecule has 0 spiro atoms. The average molecular weight is 212 g/mol. The molecule has 78 valence electrons. The number of benzene rings is 1. The van der Waals surface area contributed by atoms with E-state index in [9.17, 15) is 4.39 Å². The Morgan fingerprint density at radius 2 is 1.94 bits per heavy atom. The van der Waals surface area contributed by atoms with E-state index in [4.69, 9.17) is 5.26 Å². The zero-order valence-electron chi connectivity index (χ0n) is 8.52. The van der Waals surface area contributed by atoms with Crippen molar-refractivity contribution in [2.24, 2.45) is 0 Å². The molecule has 0 radical (unpaired) electrons. The molecule has 0 saturated heterocycles. The van der Waals surface area contributed by atoms with E-state index in [0.717, 1.165) is 5.56 Å². The van der Waals surface area contributed by atoms with Gasteiger partial charge in [-0.3, -0.25) is 4.98 Å². The standard InChI is InChI=1S/C13H9FN2/c14-12-9-16-8-11(6-7-15)13(12)10-4-2-1-3-5-10/h1-5,8-9H,6H2. The minimum atomic E-state index is -0.390.